The van der Waals surface area contributed by atoms with Crippen LogP contribution in [0.5, 0.6) is 0 Å². The molecular weight excluding hydrogens is 273 g/mol. The summed E-state index contributed by atoms with van der Waals surface area (Å²) < 4.78 is 13.9. The number of hydrogen-bond donors (Lipinski definition) is 2. The van der Waals surface area contributed by atoms with E-state index in [4.69, 9.17) is 0 Å². The summed E-state index contributed by atoms with van der Waals surface area (Å²) in [5, 5.41) is 12.6. The van der Waals surface area contributed by atoms with Crippen molar-refractivity contribution in [1.82, 2.24) is 5.32 Å². The smallest absolute Gasteiger partial charge is 0.123 e. The fourth-order valence-electron chi connectivity index (χ4n) is 1.96. The molecule has 0 aromatic heterocycles. The molecule has 1 aromatic rings. The highest BCUT2D eigenvalue weighted by Crippen LogP contribution is 2.32. The number of rotatable bonds is 4. The summed E-state index contributed by atoms with van der Waals surface area (Å²) in [6.07, 6.45) is 3.14. The first kappa shape index (κ1) is 12.0. The van der Waals surface area contributed by atoms with E-state index in [1.165, 1.54) is 12.1 Å². The molecule has 0 atom stereocenters. The minimum atomic E-state index is -0.230. The predicted octanol–water partition coefficient (Wildman–Crippen LogP) is 2.59. The van der Waals surface area contributed by atoms with Crippen LogP contribution in [-0.4, -0.2) is 17.3 Å². The Balaban J connectivity index is 2.01. The van der Waals surface area contributed by atoms with Crippen molar-refractivity contribution in [3.63, 3.8) is 0 Å². The van der Waals surface area contributed by atoms with Gasteiger partial charge in [0.05, 0.1) is 6.61 Å². The van der Waals surface area contributed by atoms with Crippen LogP contribution in [0, 0.1) is 5.82 Å². The molecule has 1 saturated carbocycles. The van der Waals surface area contributed by atoms with Gasteiger partial charge in [0, 0.05) is 16.6 Å². The average molecular weight is 288 g/mol. The summed E-state index contributed by atoms with van der Waals surface area (Å²) in [5.41, 5.74) is 0.755. The van der Waals surface area contributed by atoms with Crippen LogP contribution in [0.4, 0.5) is 4.39 Å². The highest BCUT2D eigenvalue weighted by Gasteiger charge is 2.35. The highest BCUT2D eigenvalue weighted by molar-refractivity contribution is 9.10. The lowest BCUT2D eigenvalue weighted by molar-refractivity contribution is 0.0871. The molecule has 4 heteroatoms. The Morgan fingerprint density at radius 2 is 2.19 bits per heavy atom. The summed E-state index contributed by atoms with van der Waals surface area (Å²) in [6, 6.07) is 4.65. The van der Waals surface area contributed by atoms with E-state index < -0.39 is 0 Å². The SMILES string of the molecule is OCC1(NCc2cc(F)ccc2Br)CCC1. The fourth-order valence-corrected chi connectivity index (χ4v) is 2.34. The van der Waals surface area contributed by atoms with Gasteiger partial charge in [-0.3, -0.25) is 0 Å². The van der Waals surface area contributed by atoms with Crippen molar-refractivity contribution < 1.29 is 9.50 Å². The summed E-state index contributed by atoms with van der Waals surface area (Å²) in [6.45, 7) is 0.735. The van der Waals surface area contributed by atoms with Gasteiger partial charge in [-0.2, -0.15) is 0 Å². The van der Waals surface area contributed by atoms with E-state index in [2.05, 4.69) is 21.2 Å². The van der Waals surface area contributed by atoms with Gasteiger partial charge in [0.25, 0.3) is 0 Å². The van der Waals surface area contributed by atoms with E-state index in [0.717, 1.165) is 29.3 Å². The lowest BCUT2D eigenvalue weighted by atomic mass is 9.77. The minimum absolute atomic E-state index is 0.133. The molecule has 0 unspecified atom stereocenters. The first-order valence-corrected chi connectivity index (χ1v) is 6.24. The average Bonchev–Trinajstić information content (AvgIpc) is 2.22. The maximum Gasteiger partial charge on any atom is 0.123 e. The van der Waals surface area contributed by atoms with E-state index in [9.17, 15) is 9.50 Å². The van der Waals surface area contributed by atoms with Gasteiger partial charge in [0.2, 0.25) is 0 Å². The Bertz CT molecular complexity index is 374. The normalized spacial score (nSPS) is 18.2. The summed E-state index contributed by atoms with van der Waals surface area (Å²) in [5.74, 6) is -0.230. The van der Waals surface area contributed by atoms with Crippen LogP contribution < -0.4 is 5.32 Å². The van der Waals surface area contributed by atoms with E-state index >= 15 is 0 Å². The van der Waals surface area contributed by atoms with Crippen LogP contribution >= 0.6 is 15.9 Å². The third kappa shape index (κ3) is 2.44. The lowest BCUT2D eigenvalue weighted by Crippen LogP contribution is -2.53. The Morgan fingerprint density at radius 3 is 2.75 bits per heavy atom. The zero-order valence-corrected chi connectivity index (χ0v) is 10.6. The van der Waals surface area contributed by atoms with Crippen molar-refractivity contribution in [2.75, 3.05) is 6.61 Å². The Kier molecular flexibility index (Phi) is 3.62. The van der Waals surface area contributed by atoms with Crippen molar-refractivity contribution in [3.05, 3.63) is 34.1 Å². The van der Waals surface area contributed by atoms with Gasteiger partial charge < -0.3 is 10.4 Å². The lowest BCUT2D eigenvalue weighted by Gasteiger charge is -2.41. The molecule has 88 valence electrons. The number of halogens is 2. The minimum Gasteiger partial charge on any atom is -0.394 e. The van der Waals surface area contributed by atoms with Gasteiger partial charge in [0.15, 0.2) is 0 Å². The van der Waals surface area contributed by atoms with E-state index in [1.54, 1.807) is 6.07 Å². The van der Waals surface area contributed by atoms with E-state index in [1.807, 2.05) is 0 Å². The number of aliphatic hydroxyl groups is 1. The predicted molar refractivity (Wildman–Crippen MR) is 64.6 cm³/mol. The molecule has 1 fully saturated rings. The molecule has 0 radical (unpaired) electrons. The summed E-state index contributed by atoms with van der Waals surface area (Å²) >= 11 is 3.39. The number of benzene rings is 1. The maximum atomic E-state index is 13.0. The molecule has 1 aliphatic carbocycles. The Morgan fingerprint density at radius 1 is 1.44 bits per heavy atom. The van der Waals surface area contributed by atoms with Gasteiger partial charge in [-0.15, -0.1) is 0 Å². The molecule has 0 aliphatic heterocycles. The quantitative estimate of drug-likeness (QED) is 0.892. The number of aliphatic hydroxyl groups excluding tert-OH is 1. The molecule has 2 N–H and O–H groups in total. The van der Waals surface area contributed by atoms with Crippen LogP contribution in [0.25, 0.3) is 0 Å². The molecule has 16 heavy (non-hydrogen) atoms. The molecule has 1 aliphatic rings. The second-order valence-corrected chi connectivity index (χ2v) is 5.24. The van der Waals surface area contributed by atoms with Crippen molar-refractivity contribution in [1.29, 1.82) is 0 Å². The maximum absolute atomic E-state index is 13.0. The van der Waals surface area contributed by atoms with Crippen molar-refractivity contribution >= 4 is 15.9 Å². The van der Waals surface area contributed by atoms with Gasteiger partial charge in [-0.25, -0.2) is 4.39 Å². The van der Waals surface area contributed by atoms with Crippen LogP contribution in [0.15, 0.2) is 22.7 Å². The summed E-state index contributed by atoms with van der Waals surface area (Å²) in [4.78, 5) is 0. The Hall–Kier alpha value is -0.450. The first-order valence-electron chi connectivity index (χ1n) is 5.45. The first-order chi connectivity index (χ1) is 7.65. The molecule has 2 nitrogen and oxygen atoms in total. The highest BCUT2D eigenvalue weighted by atomic mass is 79.9. The molecule has 0 saturated heterocycles. The van der Waals surface area contributed by atoms with Crippen molar-refractivity contribution in [3.8, 4) is 0 Å². The standard InChI is InChI=1S/C12H15BrFNO/c13-11-3-2-10(14)6-9(11)7-15-12(8-16)4-1-5-12/h2-3,6,15-16H,1,4-5,7-8H2. The summed E-state index contributed by atoms with van der Waals surface area (Å²) in [7, 11) is 0. The molecule has 0 heterocycles. The van der Waals surface area contributed by atoms with E-state index in [0.29, 0.717) is 6.54 Å². The molecule has 0 bridgehead atoms. The van der Waals surface area contributed by atoms with Gasteiger partial charge in [-0.1, -0.05) is 15.9 Å². The zero-order chi connectivity index (χ0) is 11.6. The topological polar surface area (TPSA) is 32.3 Å². The third-order valence-corrected chi connectivity index (χ3v) is 4.05. The monoisotopic (exact) mass is 287 g/mol. The van der Waals surface area contributed by atoms with Crippen LogP contribution in [0.1, 0.15) is 24.8 Å². The molecule has 1 aromatic carbocycles. The number of hydrogen-bond acceptors (Lipinski definition) is 2. The van der Waals surface area contributed by atoms with Crippen LogP contribution in [-0.2, 0) is 6.54 Å². The molecule has 0 spiro atoms. The molecule has 0 amide bonds. The fraction of sp³-hybridized carbons (Fsp3) is 0.500. The Labute approximate surface area is 103 Å². The van der Waals surface area contributed by atoms with Crippen molar-refractivity contribution in [2.24, 2.45) is 0 Å². The zero-order valence-electron chi connectivity index (χ0n) is 8.97. The van der Waals surface area contributed by atoms with Crippen LogP contribution in [0.3, 0.4) is 0 Å². The third-order valence-electron chi connectivity index (χ3n) is 3.27. The van der Waals surface area contributed by atoms with Crippen LogP contribution in [0.2, 0.25) is 0 Å². The van der Waals surface area contributed by atoms with Gasteiger partial charge >= 0.3 is 0 Å². The van der Waals surface area contributed by atoms with Gasteiger partial charge in [-0.05, 0) is 43.0 Å². The molecular formula is C12H15BrFNO. The van der Waals surface area contributed by atoms with E-state index in [-0.39, 0.29) is 18.0 Å². The van der Waals surface area contributed by atoms with Crippen molar-refractivity contribution in [2.45, 2.75) is 31.3 Å². The second kappa shape index (κ2) is 4.82. The second-order valence-electron chi connectivity index (χ2n) is 4.38. The molecule has 2 rings (SSSR count). The van der Waals surface area contributed by atoms with Gasteiger partial charge in [0.1, 0.15) is 5.82 Å². The largest absolute Gasteiger partial charge is 0.394 e. The number of nitrogens with one attached hydrogen (secondary N) is 1.